The zero-order chi connectivity index (χ0) is 13.9. The topological polar surface area (TPSA) is 116 Å². The second-order valence-electron chi connectivity index (χ2n) is 3.97. The molecule has 8 heteroatoms. The molecule has 18 heavy (non-hydrogen) atoms. The molecule has 1 rings (SSSR count). The number of aromatic nitrogens is 1. The molecule has 0 aromatic carbocycles. The fraction of sp³-hybridized carbons (Fsp3) is 0.400. The Morgan fingerprint density at radius 2 is 2.06 bits per heavy atom. The summed E-state index contributed by atoms with van der Waals surface area (Å²) >= 11 is 0. The first-order chi connectivity index (χ1) is 8.19. The number of anilines is 1. The number of aryl methyl sites for hydroxylation is 1. The van der Waals surface area contributed by atoms with E-state index in [0.717, 1.165) is 6.26 Å². The molecule has 0 aliphatic heterocycles. The van der Waals surface area contributed by atoms with Gasteiger partial charge in [-0.05, 0) is 13.0 Å². The van der Waals surface area contributed by atoms with Crippen LogP contribution in [0.15, 0.2) is 6.07 Å². The molecule has 3 N–H and O–H groups in total. The van der Waals surface area contributed by atoms with Crippen LogP contribution >= 0.6 is 0 Å². The van der Waals surface area contributed by atoms with E-state index < -0.39 is 21.7 Å². The lowest BCUT2D eigenvalue weighted by Crippen LogP contribution is -2.17. The van der Waals surface area contributed by atoms with Crippen LogP contribution in [-0.4, -0.2) is 42.4 Å². The van der Waals surface area contributed by atoms with E-state index >= 15 is 0 Å². The van der Waals surface area contributed by atoms with E-state index in [0.29, 0.717) is 5.69 Å². The van der Waals surface area contributed by atoms with E-state index in [2.05, 4.69) is 10.3 Å². The number of nitrogens with one attached hydrogen (secondary N) is 2. The van der Waals surface area contributed by atoms with Crippen LogP contribution < -0.4 is 5.32 Å². The van der Waals surface area contributed by atoms with Gasteiger partial charge in [0.2, 0.25) is 5.91 Å². The van der Waals surface area contributed by atoms with Crippen molar-refractivity contribution in [3.8, 4) is 0 Å². The van der Waals surface area contributed by atoms with Gasteiger partial charge in [0, 0.05) is 18.4 Å². The smallest absolute Gasteiger partial charge is 0.354 e. The summed E-state index contributed by atoms with van der Waals surface area (Å²) in [4.78, 5) is 24.9. The van der Waals surface area contributed by atoms with Gasteiger partial charge in [-0.1, -0.05) is 0 Å². The summed E-state index contributed by atoms with van der Waals surface area (Å²) in [5, 5.41) is 11.2. The normalized spacial score (nSPS) is 11.2. The fourth-order valence-corrected chi connectivity index (χ4v) is 1.90. The molecule has 0 aliphatic carbocycles. The van der Waals surface area contributed by atoms with Gasteiger partial charge in [0.05, 0.1) is 11.4 Å². The highest BCUT2D eigenvalue weighted by Crippen LogP contribution is 2.17. The van der Waals surface area contributed by atoms with E-state index in [-0.39, 0.29) is 23.6 Å². The Labute approximate surface area is 104 Å². The molecule has 0 aliphatic rings. The summed E-state index contributed by atoms with van der Waals surface area (Å²) in [7, 11) is -3.22. The number of carboxylic acid groups (broad SMARTS) is 1. The molecule has 0 radical (unpaired) electrons. The quantitative estimate of drug-likeness (QED) is 0.718. The number of amides is 1. The van der Waals surface area contributed by atoms with Gasteiger partial charge in [0.1, 0.15) is 15.5 Å². The predicted octanol–water partition coefficient (Wildman–Crippen LogP) is 0.395. The Bertz CT molecular complexity index is 573. The maximum atomic E-state index is 11.5. The first-order valence-corrected chi connectivity index (χ1v) is 7.15. The van der Waals surface area contributed by atoms with Crippen molar-refractivity contribution in [1.82, 2.24) is 4.98 Å². The van der Waals surface area contributed by atoms with Crippen molar-refractivity contribution in [3.05, 3.63) is 17.5 Å². The van der Waals surface area contributed by atoms with Gasteiger partial charge in [-0.3, -0.25) is 4.79 Å². The van der Waals surface area contributed by atoms with E-state index in [9.17, 15) is 18.0 Å². The van der Waals surface area contributed by atoms with Crippen LogP contribution in [-0.2, 0) is 14.6 Å². The number of hydrogen-bond acceptors (Lipinski definition) is 4. The van der Waals surface area contributed by atoms with Crippen LogP contribution in [0.1, 0.15) is 22.6 Å². The minimum absolute atomic E-state index is 0.125. The molecule has 0 fully saturated rings. The van der Waals surface area contributed by atoms with Crippen molar-refractivity contribution in [1.29, 1.82) is 0 Å². The molecule has 1 heterocycles. The molecule has 100 valence electrons. The van der Waals surface area contributed by atoms with Gasteiger partial charge < -0.3 is 15.4 Å². The summed E-state index contributed by atoms with van der Waals surface area (Å²) in [5.41, 5.74) is 0.601. The summed E-state index contributed by atoms with van der Waals surface area (Å²) in [5.74, 6) is -2.01. The van der Waals surface area contributed by atoms with Crippen LogP contribution in [0.2, 0.25) is 0 Å². The first kappa shape index (κ1) is 14.2. The van der Waals surface area contributed by atoms with Gasteiger partial charge in [-0.2, -0.15) is 0 Å². The van der Waals surface area contributed by atoms with Crippen molar-refractivity contribution >= 4 is 27.4 Å². The molecule has 0 atom stereocenters. The highest BCUT2D eigenvalue weighted by molar-refractivity contribution is 7.90. The molecule has 1 aromatic rings. The lowest BCUT2D eigenvalue weighted by atomic mass is 10.3. The fourth-order valence-electron chi connectivity index (χ4n) is 1.35. The zero-order valence-electron chi connectivity index (χ0n) is 9.98. The van der Waals surface area contributed by atoms with Crippen LogP contribution in [0.5, 0.6) is 0 Å². The number of aromatic carboxylic acids is 1. The molecule has 0 bridgehead atoms. The molecule has 0 spiro atoms. The molecule has 1 aromatic heterocycles. The average Bonchev–Trinajstić information content (AvgIpc) is 2.55. The predicted molar refractivity (Wildman–Crippen MR) is 65.4 cm³/mol. The van der Waals surface area contributed by atoms with E-state index in [1.54, 1.807) is 6.92 Å². The van der Waals surface area contributed by atoms with Gasteiger partial charge in [0.15, 0.2) is 0 Å². The van der Waals surface area contributed by atoms with Crippen LogP contribution in [0.25, 0.3) is 0 Å². The highest BCUT2D eigenvalue weighted by Gasteiger charge is 2.16. The first-order valence-electron chi connectivity index (χ1n) is 5.09. The molecular formula is C10H14N2O5S. The van der Waals surface area contributed by atoms with Crippen molar-refractivity contribution in [2.24, 2.45) is 0 Å². The van der Waals surface area contributed by atoms with Crippen LogP contribution in [0.3, 0.4) is 0 Å². The standard InChI is InChI=1S/C10H14N2O5S/c1-6-5-7(9(11-6)10(14)15)12-8(13)3-4-18(2,16)17/h5,11H,3-4H2,1-2H3,(H,12,13)(H,14,15). The second-order valence-corrected chi connectivity index (χ2v) is 6.23. The Morgan fingerprint density at radius 1 is 1.44 bits per heavy atom. The number of rotatable bonds is 5. The number of H-pyrrole nitrogens is 1. The number of carbonyl (C=O) groups excluding carboxylic acids is 1. The maximum absolute atomic E-state index is 11.5. The number of hydrogen-bond donors (Lipinski definition) is 3. The third kappa shape index (κ3) is 4.21. The van der Waals surface area contributed by atoms with Crippen molar-refractivity contribution in [3.63, 3.8) is 0 Å². The summed E-state index contributed by atoms with van der Waals surface area (Å²) in [6.45, 7) is 1.65. The van der Waals surface area contributed by atoms with Crippen LogP contribution in [0, 0.1) is 6.92 Å². The third-order valence-electron chi connectivity index (χ3n) is 2.14. The van der Waals surface area contributed by atoms with Gasteiger partial charge in [0.25, 0.3) is 0 Å². The summed E-state index contributed by atoms with van der Waals surface area (Å²) < 4.78 is 21.8. The van der Waals surface area contributed by atoms with Crippen molar-refractivity contribution in [2.45, 2.75) is 13.3 Å². The monoisotopic (exact) mass is 274 g/mol. The zero-order valence-corrected chi connectivity index (χ0v) is 10.8. The summed E-state index contributed by atoms with van der Waals surface area (Å²) in [6, 6.07) is 1.47. The molecule has 0 unspecified atom stereocenters. The van der Waals surface area contributed by atoms with Gasteiger partial charge in [-0.25, -0.2) is 13.2 Å². The lowest BCUT2D eigenvalue weighted by Gasteiger charge is -2.03. The largest absolute Gasteiger partial charge is 0.477 e. The minimum atomic E-state index is -3.22. The Balaban J connectivity index is 2.73. The van der Waals surface area contributed by atoms with E-state index in [1.165, 1.54) is 6.07 Å². The maximum Gasteiger partial charge on any atom is 0.354 e. The molecule has 0 saturated carbocycles. The van der Waals surface area contributed by atoms with Gasteiger partial charge in [-0.15, -0.1) is 0 Å². The summed E-state index contributed by atoms with van der Waals surface area (Å²) in [6.07, 6.45) is 0.825. The highest BCUT2D eigenvalue weighted by atomic mass is 32.2. The number of carbonyl (C=O) groups is 2. The number of aromatic amines is 1. The molecular weight excluding hydrogens is 260 g/mol. The number of sulfone groups is 1. The number of carboxylic acids is 1. The van der Waals surface area contributed by atoms with Crippen molar-refractivity contribution in [2.75, 3.05) is 17.3 Å². The third-order valence-corrected chi connectivity index (χ3v) is 3.09. The van der Waals surface area contributed by atoms with E-state index in [4.69, 9.17) is 5.11 Å². The average molecular weight is 274 g/mol. The lowest BCUT2D eigenvalue weighted by molar-refractivity contribution is -0.115. The molecule has 7 nitrogen and oxygen atoms in total. The minimum Gasteiger partial charge on any atom is -0.477 e. The Kier molecular flexibility index (Phi) is 4.12. The Morgan fingerprint density at radius 3 is 2.56 bits per heavy atom. The molecule has 1 amide bonds. The second kappa shape index (κ2) is 5.21. The Hall–Kier alpha value is -1.83. The van der Waals surface area contributed by atoms with Crippen molar-refractivity contribution < 1.29 is 23.1 Å². The van der Waals surface area contributed by atoms with E-state index in [1.807, 2.05) is 0 Å². The van der Waals surface area contributed by atoms with Crippen LogP contribution in [0.4, 0.5) is 5.69 Å². The van der Waals surface area contributed by atoms with Gasteiger partial charge >= 0.3 is 5.97 Å². The molecule has 0 saturated heterocycles. The SMILES string of the molecule is Cc1cc(NC(=O)CCS(C)(=O)=O)c(C(=O)O)[nH]1.